The quantitative estimate of drug-likeness (QED) is 0.734. The summed E-state index contributed by atoms with van der Waals surface area (Å²) in [7, 11) is 0. The van der Waals surface area contributed by atoms with Gasteiger partial charge < -0.3 is 15.2 Å². The largest absolute Gasteiger partial charge is 0.481 e. The molecule has 0 spiro atoms. The van der Waals surface area contributed by atoms with Crippen molar-refractivity contribution in [3.63, 3.8) is 0 Å². The van der Waals surface area contributed by atoms with Gasteiger partial charge in [0, 0.05) is 11.3 Å². The Balaban J connectivity index is 2.25. The zero-order chi connectivity index (χ0) is 17.7. The zero-order valence-electron chi connectivity index (χ0n) is 14.0. The van der Waals surface area contributed by atoms with Crippen LogP contribution in [0.1, 0.15) is 60.3 Å². The van der Waals surface area contributed by atoms with Crippen molar-refractivity contribution in [2.45, 2.75) is 52.4 Å². The first kappa shape index (κ1) is 18.4. The van der Waals surface area contributed by atoms with Crippen LogP contribution in [0.5, 0.6) is 0 Å². The van der Waals surface area contributed by atoms with Crippen LogP contribution in [0.3, 0.4) is 0 Å². The highest BCUT2D eigenvalue weighted by atomic mass is 32.1. The van der Waals surface area contributed by atoms with Crippen molar-refractivity contribution in [1.82, 2.24) is 0 Å². The standard InChI is InChI=1S/C17H23NO5S/c1-3-10-5-6-11-12(9-10)24-16(15(11)17(22)23-4-2)18-13(19)7-8-14(20)21/h10H,3-9H2,1-2H3,(H,18,19)(H,20,21)/t10-/m0/s1. The molecule has 1 aliphatic rings. The van der Waals surface area contributed by atoms with Crippen molar-refractivity contribution < 1.29 is 24.2 Å². The van der Waals surface area contributed by atoms with E-state index in [0.717, 1.165) is 36.1 Å². The van der Waals surface area contributed by atoms with E-state index in [4.69, 9.17) is 9.84 Å². The molecule has 132 valence electrons. The number of carboxylic acids is 1. The average Bonchev–Trinajstić information content (AvgIpc) is 2.89. The Morgan fingerprint density at radius 1 is 1.29 bits per heavy atom. The number of hydrogen-bond donors (Lipinski definition) is 2. The Morgan fingerprint density at radius 2 is 2.04 bits per heavy atom. The zero-order valence-corrected chi connectivity index (χ0v) is 14.8. The van der Waals surface area contributed by atoms with Gasteiger partial charge in [-0.3, -0.25) is 9.59 Å². The molecule has 7 heteroatoms. The molecule has 1 atom stereocenters. The highest BCUT2D eigenvalue weighted by molar-refractivity contribution is 7.17. The van der Waals surface area contributed by atoms with Crippen LogP contribution in [0.4, 0.5) is 5.00 Å². The van der Waals surface area contributed by atoms with Crippen LogP contribution in [0.25, 0.3) is 0 Å². The highest BCUT2D eigenvalue weighted by Crippen LogP contribution is 2.40. The summed E-state index contributed by atoms with van der Waals surface area (Å²) in [5, 5.41) is 11.9. The number of esters is 1. The molecule has 1 aliphatic carbocycles. The summed E-state index contributed by atoms with van der Waals surface area (Å²) >= 11 is 1.42. The molecule has 1 aromatic rings. The van der Waals surface area contributed by atoms with Gasteiger partial charge in [0.05, 0.1) is 18.6 Å². The van der Waals surface area contributed by atoms with E-state index in [-0.39, 0.29) is 19.4 Å². The molecule has 0 aromatic carbocycles. The lowest BCUT2D eigenvalue weighted by atomic mass is 9.85. The van der Waals surface area contributed by atoms with Crippen molar-refractivity contribution in [1.29, 1.82) is 0 Å². The maximum atomic E-state index is 12.3. The second-order valence-electron chi connectivity index (χ2n) is 5.89. The number of ether oxygens (including phenoxy) is 1. The number of hydrogen-bond acceptors (Lipinski definition) is 5. The van der Waals surface area contributed by atoms with E-state index >= 15 is 0 Å². The SMILES string of the molecule is CCOC(=O)c1c(NC(=O)CCC(=O)O)sc2c1CC[C@H](CC)C2. The van der Waals surface area contributed by atoms with Crippen LogP contribution < -0.4 is 5.32 Å². The van der Waals surface area contributed by atoms with Gasteiger partial charge in [-0.2, -0.15) is 0 Å². The molecule has 0 aliphatic heterocycles. The molecule has 2 N–H and O–H groups in total. The Labute approximate surface area is 145 Å². The number of thiophene rings is 1. The molecule has 2 rings (SSSR count). The summed E-state index contributed by atoms with van der Waals surface area (Å²) in [6, 6.07) is 0. The van der Waals surface area contributed by atoms with Crippen LogP contribution in [0, 0.1) is 5.92 Å². The minimum atomic E-state index is -1.02. The van der Waals surface area contributed by atoms with Gasteiger partial charge in [0.1, 0.15) is 5.00 Å². The molecule has 0 bridgehead atoms. The number of anilines is 1. The van der Waals surface area contributed by atoms with E-state index in [1.807, 2.05) is 0 Å². The highest BCUT2D eigenvalue weighted by Gasteiger charge is 2.29. The molecule has 0 unspecified atom stereocenters. The van der Waals surface area contributed by atoms with Gasteiger partial charge in [-0.05, 0) is 37.7 Å². The van der Waals surface area contributed by atoms with Gasteiger partial charge in [0.2, 0.25) is 5.91 Å². The van der Waals surface area contributed by atoms with E-state index in [1.165, 1.54) is 11.3 Å². The summed E-state index contributed by atoms with van der Waals surface area (Å²) in [6.07, 6.45) is 3.49. The molecule has 24 heavy (non-hydrogen) atoms. The van der Waals surface area contributed by atoms with Crippen molar-refractivity contribution in [3.8, 4) is 0 Å². The fourth-order valence-corrected chi connectivity index (χ4v) is 4.29. The fourth-order valence-electron chi connectivity index (χ4n) is 2.92. The number of nitrogens with one attached hydrogen (secondary N) is 1. The maximum absolute atomic E-state index is 12.3. The fraction of sp³-hybridized carbons (Fsp3) is 0.588. The molecule has 6 nitrogen and oxygen atoms in total. The molecule has 0 saturated carbocycles. The third kappa shape index (κ3) is 4.35. The molecule has 1 heterocycles. The molecule has 1 amide bonds. The number of rotatable bonds is 7. The van der Waals surface area contributed by atoms with Crippen molar-refractivity contribution >= 4 is 34.2 Å². The normalized spacial score (nSPS) is 16.3. The van der Waals surface area contributed by atoms with Crippen LogP contribution in [0.2, 0.25) is 0 Å². The van der Waals surface area contributed by atoms with E-state index in [9.17, 15) is 14.4 Å². The first-order valence-corrected chi connectivity index (χ1v) is 9.11. The summed E-state index contributed by atoms with van der Waals surface area (Å²) in [5.74, 6) is -1.24. The van der Waals surface area contributed by atoms with Gasteiger partial charge in [-0.15, -0.1) is 11.3 Å². The first-order chi connectivity index (χ1) is 11.5. The number of carbonyl (C=O) groups excluding carboxylic acids is 2. The van der Waals surface area contributed by atoms with Crippen LogP contribution in [0.15, 0.2) is 0 Å². The lowest BCUT2D eigenvalue weighted by Crippen LogP contribution is -2.17. The molecule has 0 radical (unpaired) electrons. The van der Waals surface area contributed by atoms with Crippen LogP contribution in [-0.4, -0.2) is 29.6 Å². The Morgan fingerprint density at radius 3 is 2.67 bits per heavy atom. The van der Waals surface area contributed by atoms with Gasteiger partial charge >= 0.3 is 11.9 Å². The van der Waals surface area contributed by atoms with Gasteiger partial charge in [-0.1, -0.05) is 13.3 Å². The van der Waals surface area contributed by atoms with Gasteiger partial charge in [0.15, 0.2) is 0 Å². The monoisotopic (exact) mass is 353 g/mol. The Hall–Kier alpha value is -1.89. The summed E-state index contributed by atoms with van der Waals surface area (Å²) in [5.41, 5.74) is 1.44. The maximum Gasteiger partial charge on any atom is 0.341 e. The molecular weight excluding hydrogens is 330 g/mol. The predicted octanol–water partition coefficient (Wildman–Crippen LogP) is 3.24. The van der Waals surface area contributed by atoms with Crippen LogP contribution >= 0.6 is 11.3 Å². The molecule has 0 fully saturated rings. The minimum absolute atomic E-state index is 0.113. The lowest BCUT2D eigenvalue weighted by Gasteiger charge is -2.20. The second kappa shape index (κ2) is 8.28. The summed E-state index contributed by atoms with van der Waals surface area (Å²) < 4.78 is 5.15. The van der Waals surface area contributed by atoms with E-state index in [1.54, 1.807) is 6.92 Å². The summed E-state index contributed by atoms with van der Waals surface area (Å²) in [6.45, 7) is 4.17. The van der Waals surface area contributed by atoms with E-state index in [2.05, 4.69) is 12.2 Å². The van der Waals surface area contributed by atoms with Crippen LogP contribution in [-0.2, 0) is 27.2 Å². The second-order valence-corrected chi connectivity index (χ2v) is 6.99. The first-order valence-electron chi connectivity index (χ1n) is 8.29. The average molecular weight is 353 g/mol. The lowest BCUT2D eigenvalue weighted by molar-refractivity contribution is -0.138. The topological polar surface area (TPSA) is 92.7 Å². The van der Waals surface area contributed by atoms with Crippen molar-refractivity contribution in [2.75, 3.05) is 11.9 Å². The Bertz CT molecular complexity index is 637. The molecule has 0 saturated heterocycles. The number of fused-ring (bicyclic) bond motifs is 1. The van der Waals surface area contributed by atoms with Gasteiger partial charge in [0.25, 0.3) is 0 Å². The Kier molecular flexibility index (Phi) is 6.36. The number of aliphatic carboxylic acids is 1. The minimum Gasteiger partial charge on any atom is -0.481 e. The number of carbonyl (C=O) groups is 3. The molecule has 1 aromatic heterocycles. The summed E-state index contributed by atoms with van der Waals surface area (Å²) in [4.78, 5) is 36.0. The van der Waals surface area contributed by atoms with Crippen molar-refractivity contribution in [2.24, 2.45) is 5.92 Å². The molecular formula is C17H23NO5S. The number of carboxylic acid groups (broad SMARTS) is 1. The van der Waals surface area contributed by atoms with E-state index in [0.29, 0.717) is 16.5 Å². The van der Waals surface area contributed by atoms with E-state index < -0.39 is 17.8 Å². The third-order valence-corrected chi connectivity index (χ3v) is 5.41. The number of amides is 1. The van der Waals surface area contributed by atoms with Gasteiger partial charge in [-0.25, -0.2) is 4.79 Å². The smallest absolute Gasteiger partial charge is 0.341 e. The van der Waals surface area contributed by atoms with Crippen molar-refractivity contribution in [3.05, 3.63) is 16.0 Å². The third-order valence-electron chi connectivity index (χ3n) is 4.24. The predicted molar refractivity (Wildman–Crippen MR) is 91.6 cm³/mol.